The van der Waals surface area contributed by atoms with Gasteiger partial charge in [0.25, 0.3) is 5.69 Å². The van der Waals surface area contributed by atoms with Crippen LogP contribution >= 0.6 is 0 Å². The number of phenols is 1. The molecule has 1 heterocycles. The molecule has 1 aliphatic carbocycles. The van der Waals surface area contributed by atoms with Crippen molar-refractivity contribution in [3.05, 3.63) is 75.4 Å². The first-order valence-electron chi connectivity index (χ1n) is 8.06. The Hall–Kier alpha value is -2.82. The Kier molecular flexibility index (Phi) is 3.30. The summed E-state index contributed by atoms with van der Waals surface area (Å²) in [6.07, 6.45) is 4.99. The van der Waals surface area contributed by atoms with Crippen molar-refractivity contribution < 1.29 is 10.0 Å². The zero-order valence-corrected chi connectivity index (χ0v) is 13.3. The Bertz CT molecular complexity index is 842. The molecule has 0 radical (unpaired) electrons. The largest absolute Gasteiger partial charge is 0.506 e. The van der Waals surface area contributed by atoms with Gasteiger partial charge in [0.1, 0.15) is 5.75 Å². The van der Waals surface area contributed by atoms with Crippen molar-refractivity contribution in [2.24, 2.45) is 5.92 Å². The maximum absolute atomic E-state index is 11.4. The van der Waals surface area contributed by atoms with E-state index in [0.29, 0.717) is 11.3 Å². The number of nitrogens with zero attached hydrogens (tertiary/aromatic N) is 1. The highest BCUT2D eigenvalue weighted by atomic mass is 16.6. The summed E-state index contributed by atoms with van der Waals surface area (Å²) in [5.41, 5.74) is 3.48. The van der Waals surface area contributed by atoms with Gasteiger partial charge in [0.05, 0.1) is 22.2 Å². The van der Waals surface area contributed by atoms with Crippen molar-refractivity contribution in [3.8, 4) is 5.75 Å². The van der Waals surface area contributed by atoms with Crippen molar-refractivity contribution >= 4 is 11.4 Å². The molecular formula is C19H18N2O3. The van der Waals surface area contributed by atoms with Gasteiger partial charge in [-0.2, -0.15) is 0 Å². The van der Waals surface area contributed by atoms with Gasteiger partial charge in [0.15, 0.2) is 0 Å². The molecular weight excluding hydrogens is 304 g/mol. The maximum Gasteiger partial charge on any atom is 0.275 e. The standard InChI is InChI=1S/C19H18N2O3/c1-11-5-7-12(8-6-11)18-14-4-2-3-13(14)17-15(21(23)24)9-10-16(22)19(17)20-18/h2-3,5-10,13-14,18,20,22H,4H2,1H3. The first-order chi connectivity index (χ1) is 11.6. The molecule has 0 fully saturated rings. The molecule has 4 rings (SSSR count). The molecule has 5 nitrogen and oxygen atoms in total. The second kappa shape index (κ2) is 5.37. The van der Waals surface area contributed by atoms with Crippen LogP contribution in [0.4, 0.5) is 11.4 Å². The molecule has 0 spiro atoms. The lowest BCUT2D eigenvalue weighted by atomic mass is 9.76. The Balaban J connectivity index is 1.86. The topological polar surface area (TPSA) is 75.4 Å². The highest BCUT2D eigenvalue weighted by Gasteiger charge is 2.42. The number of rotatable bonds is 2. The average molecular weight is 322 g/mol. The fourth-order valence-electron chi connectivity index (χ4n) is 3.94. The number of anilines is 1. The highest BCUT2D eigenvalue weighted by molar-refractivity contribution is 5.73. The molecule has 0 saturated heterocycles. The van der Waals surface area contributed by atoms with Crippen LogP contribution < -0.4 is 5.32 Å². The highest BCUT2D eigenvalue weighted by Crippen LogP contribution is 2.54. The lowest BCUT2D eigenvalue weighted by molar-refractivity contribution is -0.385. The van der Waals surface area contributed by atoms with E-state index in [1.54, 1.807) is 0 Å². The van der Waals surface area contributed by atoms with Crippen LogP contribution in [0, 0.1) is 23.0 Å². The molecule has 3 unspecified atom stereocenters. The minimum absolute atomic E-state index is 0.0194. The molecule has 24 heavy (non-hydrogen) atoms. The van der Waals surface area contributed by atoms with E-state index in [-0.39, 0.29) is 34.2 Å². The molecule has 0 amide bonds. The van der Waals surface area contributed by atoms with E-state index in [1.807, 2.05) is 13.0 Å². The number of nitro groups is 1. The summed E-state index contributed by atoms with van der Waals surface area (Å²) in [5, 5.41) is 25.1. The number of allylic oxidation sites excluding steroid dienone is 2. The van der Waals surface area contributed by atoms with Gasteiger partial charge in [0.2, 0.25) is 0 Å². The number of benzene rings is 2. The molecule has 0 saturated carbocycles. The van der Waals surface area contributed by atoms with Gasteiger partial charge in [-0.1, -0.05) is 42.0 Å². The third kappa shape index (κ3) is 2.16. The minimum atomic E-state index is -0.366. The number of nitro benzene ring substituents is 1. The van der Waals surface area contributed by atoms with Crippen LogP contribution in [-0.4, -0.2) is 10.0 Å². The van der Waals surface area contributed by atoms with Crippen LogP contribution in [0.25, 0.3) is 0 Å². The summed E-state index contributed by atoms with van der Waals surface area (Å²) < 4.78 is 0. The number of hydrogen-bond donors (Lipinski definition) is 2. The number of hydrogen-bond acceptors (Lipinski definition) is 4. The van der Waals surface area contributed by atoms with Crippen molar-refractivity contribution in [2.45, 2.75) is 25.3 Å². The SMILES string of the molecule is Cc1ccc(C2Nc3c(O)ccc([N+](=O)[O-])c3C3C=CCC32)cc1. The van der Waals surface area contributed by atoms with E-state index in [2.05, 4.69) is 35.7 Å². The van der Waals surface area contributed by atoms with E-state index in [1.165, 1.54) is 17.7 Å². The third-order valence-corrected chi connectivity index (χ3v) is 5.11. The second-order valence-corrected chi connectivity index (χ2v) is 6.54. The van der Waals surface area contributed by atoms with Gasteiger partial charge in [-0.25, -0.2) is 0 Å². The first kappa shape index (κ1) is 14.8. The van der Waals surface area contributed by atoms with E-state index >= 15 is 0 Å². The van der Waals surface area contributed by atoms with Crippen molar-refractivity contribution in [1.82, 2.24) is 0 Å². The Morgan fingerprint density at radius 3 is 2.67 bits per heavy atom. The van der Waals surface area contributed by atoms with Crippen LogP contribution in [0.1, 0.15) is 35.1 Å². The van der Waals surface area contributed by atoms with Gasteiger partial charge in [-0.05, 0) is 30.9 Å². The van der Waals surface area contributed by atoms with Gasteiger partial charge in [-0.15, -0.1) is 0 Å². The molecule has 5 heteroatoms. The van der Waals surface area contributed by atoms with Gasteiger partial charge < -0.3 is 10.4 Å². The first-order valence-corrected chi connectivity index (χ1v) is 8.06. The van der Waals surface area contributed by atoms with Crippen molar-refractivity contribution in [2.75, 3.05) is 5.32 Å². The van der Waals surface area contributed by atoms with E-state index in [0.717, 1.165) is 12.0 Å². The van der Waals surface area contributed by atoms with Gasteiger partial charge in [0, 0.05) is 12.0 Å². The summed E-state index contributed by atoms with van der Waals surface area (Å²) in [6.45, 7) is 2.04. The number of nitrogens with one attached hydrogen (secondary N) is 1. The molecule has 2 aromatic rings. The van der Waals surface area contributed by atoms with Crippen LogP contribution in [0.2, 0.25) is 0 Å². The van der Waals surface area contributed by atoms with Crippen LogP contribution in [0.15, 0.2) is 48.6 Å². The molecule has 1 aliphatic heterocycles. The van der Waals surface area contributed by atoms with Crippen molar-refractivity contribution in [1.29, 1.82) is 0 Å². The number of fused-ring (bicyclic) bond motifs is 3. The molecule has 0 bridgehead atoms. The maximum atomic E-state index is 11.4. The van der Waals surface area contributed by atoms with Crippen LogP contribution in [0.3, 0.4) is 0 Å². The summed E-state index contributed by atoms with van der Waals surface area (Å²) >= 11 is 0. The summed E-state index contributed by atoms with van der Waals surface area (Å²) in [6, 6.07) is 11.1. The zero-order chi connectivity index (χ0) is 16.8. The summed E-state index contributed by atoms with van der Waals surface area (Å²) in [5.74, 6) is 0.215. The molecule has 2 N–H and O–H groups in total. The molecule has 2 aliphatic rings. The third-order valence-electron chi connectivity index (χ3n) is 5.11. The molecule has 122 valence electrons. The summed E-state index contributed by atoms with van der Waals surface area (Å²) in [7, 11) is 0. The number of aryl methyl sites for hydroxylation is 1. The second-order valence-electron chi connectivity index (χ2n) is 6.54. The number of aromatic hydroxyl groups is 1. The van der Waals surface area contributed by atoms with E-state index in [9.17, 15) is 15.2 Å². The fourth-order valence-corrected chi connectivity index (χ4v) is 3.94. The smallest absolute Gasteiger partial charge is 0.275 e. The van der Waals surface area contributed by atoms with E-state index < -0.39 is 0 Å². The molecule has 0 aromatic heterocycles. The zero-order valence-electron chi connectivity index (χ0n) is 13.3. The average Bonchev–Trinajstić information content (AvgIpc) is 3.05. The summed E-state index contributed by atoms with van der Waals surface area (Å²) in [4.78, 5) is 11.1. The van der Waals surface area contributed by atoms with Gasteiger partial charge in [-0.3, -0.25) is 10.1 Å². The van der Waals surface area contributed by atoms with Gasteiger partial charge >= 0.3 is 0 Å². The molecule has 2 aromatic carbocycles. The lowest BCUT2D eigenvalue weighted by Gasteiger charge is -2.37. The Labute approximate surface area is 139 Å². The Morgan fingerprint density at radius 2 is 1.96 bits per heavy atom. The minimum Gasteiger partial charge on any atom is -0.506 e. The van der Waals surface area contributed by atoms with Crippen molar-refractivity contribution in [3.63, 3.8) is 0 Å². The number of phenolic OH excluding ortho intramolecular Hbond substituents is 1. The Morgan fingerprint density at radius 1 is 1.21 bits per heavy atom. The fraction of sp³-hybridized carbons (Fsp3) is 0.263. The lowest BCUT2D eigenvalue weighted by Crippen LogP contribution is -2.29. The molecule has 3 atom stereocenters. The van der Waals surface area contributed by atoms with E-state index in [4.69, 9.17) is 0 Å². The predicted molar refractivity (Wildman–Crippen MR) is 92.3 cm³/mol. The monoisotopic (exact) mass is 322 g/mol. The quantitative estimate of drug-likeness (QED) is 0.371. The van der Waals surface area contributed by atoms with Crippen LogP contribution in [0.5, 0.6) is 5.75 Å². The normalized spacial score (nSPS) is 24.1. The van der Waals surface area contributed by atoms with Crippen LogP contribution in [-0.2, 0) is 0 Å². The predicted octanol–water partition coefficient (Wildman–Crippen LogP) is 4.44.